The molecular formula is C14H19NO3S. The van der Waals surface area contributed by atoms with Crippen molar-refractivity contribution in [2.75, 3.05) is 16.4 Å². The van der Waals surface area contributed by atoms with Crippen LogP contribution >= 0.6 is 0 Å². The first-order valence-electron chi connectivity index (χ1n) is 6.52. The lowest BCUT2D eigenvalue weighted by atomic mass is 10.1. The SMILES string of the molecule is CCc1ccccc1N(C(C)=O)C1CCS(=O)(=O)C1. The van der Waals surface area contributed by atoms with Crippen molar-refractivity contribution in [3.63, 3.8) is 0 Å². The van der Waals surface area contributed by atoms with Gasteiger partial charge in [0.1, 0.15) is 0 Å². The molecular weight excluding hydrogens is 262 g/mol. The lowest BCUT2D eigenvalue weighted by molar-refractivity contribution is -0.116. The monoisotopic (exact) mass is 281 g/mol. The van der Waals surface area contributed by atoms with Crippen molar-refractivity contribution in [3.8, 4) is 0 Å². The largest absolute Gasteiger partial charge is 0.308 e. The molecule has 1 heterocycles. The fourth-order valence-corrected chi connectivity index (χ4v) is 4.35. The summed E-state index contributed by atoms with van der Waals surface area (Å²) in [6, 6.07) is 7.47. The van der Waals surface area contributed by atoms with Gasteiger partial charge in [-0.05, 0) is 24.5 Å². The van der Waals surface area contributed by atoms with E-state index in [4.69, 9.17) is 0 Å². The summed E-state index contributed by atoms with van der Waals surface area (Å²) in [5, 5.41) is 0. The van der Waals surface area contributed by atoms with E-state index in [-0.39, 0.29) is 23.5 Å². The van der Waals surface area contributed by atoms with Gasteiger partial charge in [-0.2, -0.15) is 0 Å². The number of hydrogen-bond donors (Lipinski definition) is 0. The summed E-state index contributed by atoms with van der Waals surface area (Å²) in [4.78, 5) is 13.6. The summed E-state index contributed by atoms with van der Waals surface area (Å²) in [5.74, 6) is 0.156. The molecule has 0 radical (unpaired) electrons. The average Bonchev–Trinajstić information content (AvgIpc) is 2.70. The number of carbonyl (C=O) groups excluding carboxylic acids is 1. The summed E-state index contributed by atoms with van der Waals surface area (Å²) >= 11 is 0. The number of nitrogens with zero attached hydrogens (tertiary/aromatic N) is 1. The molecule has 0 bridgehead atoms. The average molecular weight is 281 g/mol. The van der Waals surface area contributed by atoms with Crippen LogP contribution in [-0.2, 0) is 21.1 Å². The van der Waals surface area contributed by atoms with E-state index in [0.29, 0.717) is 6.42 Å². The van der Waals surface area contributed by atoms with Crippen molar-refractivity contribution >= 4 is 21.4 Å². The number of sulfone groups is 1. The Hall–Kier alpha value is -1.36. The summed E-state index contributed by atoms with van der Waals surface area (Å²) in [6.07, 6.45) is 1.35. The smallest absolute Gasteiger partial charge is 0.224 e. The normalized spacial score (nSPS) is 21.3. The van der Waals surface area contributed by atoms with Crippen LogP contribution in [0.15, 0.2) is 24.3 Å². The van der Waals surface area contributed by atoms with Crippen LogP contribution in [0.1, 0.15) is 25.8 Å². The quantitative estimate of drug-likeness (QED) is 0.848. The second-order valence-corrected chi connectivity index (χ2v) is 7.16. The fourth-order valence-electron chi connectivity index (χ4n) is 2.65. The highest BCUT2D eigenvalue weighted by molar-refractivity contribution is 7.91. The summed E-state index contributed by atoms with van der Waals surface area (Å²) in [7, 11) is -3.00. The van der Waals surface area contributed by atoms with E-state index in [1.165, 1.54) is 6.92 Å². The van der Waals surface area contributed by atoms with Crippen molar-refractivity contribution in [3.05, 3.63) is 29.8 Å². The lowest BCUT2D eigenvalue weighted by Gasteiger charge is -2.29. The third-order valence-electron chi connectivity index (χ3n) is 3.54. The molecule has 104 valence electrons. The minimum atomic E-state index is -3.00. The van der Waals surface area contributed by atoms with Crippen LogP contribution in [0.2, 0.25) is 0 Å². The van der Waals surface area contributed by atoms with Gasteiger partial charge in [-0.25, -0.2) is 8.42 Å². The molecule has 1 aliphatic rings. The van der Waals surface area contributed by atoms with E-state index in [2.05, 4.69) is 0 Å². The molecule has 4 nitrogen and oxygen atoms in total. The number of rotatable bonds is 3. The minimum absolute atomic E-state index is 0.0740. The number of hydrogen-bond acceptors (Lipinski definition) is 3. The first-order chi connectivity index (χ1) is 8.94. The van der Waals surface area contributed by atoms with Gasteiger partial charge >= 0.3 is 0 Å². The highest BCUT2D eigenvalue weighted by Crippen LogP contribution is 2.28. The summed E-state index contributed by atoms with van der Waals surface area (Å²) in [5.41, 5.74) is 1.92. The van der Waals surface area contributed by atoms with Crippen molar-refractivity contribution in [1.29, 1.82) is 0 Å². The van der Waals surface area contributed by atoms with Crippen LogP contribution in [0, 0.1) is 0 Å². The molecule has 1 unspecified atom stereocenters. The third-order valence-corrected chi connectivity index (χ3v) is 5.30. The number of aryl methyl sites for hydroxylation is 1. The van der Waals surface area contributed by atoms with Gasteiger partial charge < -0.3 is 4.90 Å². The molecule has 1 aromatic carbocycles. The maximum Gasteiger partial charge on any atom is 0.224 e. The molecule has 1 aliphatic heterocycles. The van der Waals surface area contributed by atoms with Gasteiger partial charge in [0, 0.05) is 12.6 Å². The molecule has 1 amide bonds. The summed E-state index contributed by atoms with van der Waals surface area (Å²) in [6.45, 7) is 3.53. The molecule has 1 saturated heterocycles. The molecule has 5 heteroatoms. The molecule has 2 rings (SSSR count). The van der Waals surface area contributed by atoms with Crippen LogP contribution in [-0.4, -0.2) is 31.9 Å². The topological polar surface area (TPSA) is 54.5 Å². The Morgan fingerprint density at radius 3 is 2.58 bits per heavy atom. The predicted molar refractivity (Wildman–Crippen MR) is 76.0 cm³/mol. The maximum atomic E-state index is 11.9. The predicted octanol–water partition coefficient (Wildman–Crippen LogP) is 1.79. The lowest BCUT2D eigenvalue weighted by Crippen LogP contribution is -2.40. The van der Waals surface area contributed by atoms with Crippen LogP contribution in [0.3, 0.4) is 0 Å². The van der Waals surface area contributed by atoms with Crippen molar-refractivity contribution in [1.82, 2.24) is 0 Å². The number of benzene rings is 1. The van der Waals surface area contributed by atoms with Gasteiger partial charge in [-0.3, -0.25) is 4.79 Å². The van der Waals surface area contributed by atoms with Gasteiger partial charge in [0.25, 0.3) is 0 Å². The molecule has 1 atom stereocenters. The van der Waals surface area contributed by atoms with Crippen molar-refractivity contribution < 1.29 is 13.2 Å². The van der Waals surface area contributed by atoms with E-state index in [1.54, 1.807) is 4.90 Å². The first kappa shape index (κ1) is 14.1. The zero-order chi connectivity index (χ0) is 14.0. The fraction of sp³-hybridized carbons (Fsp3) is 0.500. The second kappa shape index (κ2) is 5.33. The Morgan fingerprint density at radius 2 is 2.05 bits per heavy atom. The van der Waals surface area contributed by atoms with Crippen LogP contribution in [0.5, 0.6) is 0 Å². The number of para-hydroxylation sites is 1. The molecule has 0 saturated carbocycles. The Balaban J connectivity index is 2.39. The van der Waals surface area contributed by atoms with E-state index < -0.39 is 9.84 Å². The molecule has 0 aliphatic carbocycles. The summed E-state index contributed by atoms with van der Waals surface area (Å²) < 4.78 is 23.2. The highest BCUT2D eigenvalue weighted by Gasteiger charge is 2.34. The van der Waals surface area contributed by atoms with Crippen LogP contribution in [0.4, 0.5) is 5.69 Å². The standard InChI is InChI=1S/C14H19NO3S/c1-3-12-6-4-5-7-14(12)15(11(2)16)13-8-9-19(17,18)10-13/h4-7,13H,3,8-10H2,1-2H3. The maximum absolute atomic E-state index is 11.9. The second-order valence-electron chi connectivity index (χ2n) is 4.93. The van der Waals surface area contributed by atoms with Crippen molar-refractivity contribution in [2.24, 2.45) is 0 Å². The molecule has 0 aromatic heterocycles. The Bertz CT molecular complexity index is 580. The van der Waals surface area contributed by atoms with E-state index in [9.17, 15) is 13.2 Å². The van der Waals surface area contributed by atoms with Crippen LogP contribution < -0.4 is 4.90 Å². The van der Waals surface area contributed by atoms with Gasteiger partial charge in [-0.15, -0.1) is 0 Å². The highest BCUT2D eigenvalue weighted by atomic mass is 32.2. The van der Waals surface area contributed by atoms with Crippen LogP contribution in [0.25, 0.3) is 0 Å². The molecule has 0 N–H and O–H groups in total. The zero-order valence-electron chi connectivity index (χ0n) is 11.3. The van der Waals surface area contributed by atoms with Crippen molar-refractivity contribution in [2.45, 2.75) is 32.7 Å². The number of amides is 1. The minimum Gasteiger partial charge on any atom is -0.308 e. The van der Waals surface area contributed by atoms with E-state index in [1.807, 2.05) is 31.2 Å². The molecule has 1 fully saturated rings. The number of anilines is 1. The van der Waals surface area contributed by atoms with E-state index >= 15 is 0 Å². The molecule has 1 aromatic rings. The van der Waals surface area contributed by atoms with Gasteiger partial charge in [-0.1, -0.05) is 25.1 Å². The Morgan fingerprint density at radius 1 is 1.37 bits per heavy atom. The Labute approximate surface area is 114 Å². The third kappa shape index (κ3) is 2.97. The first-order valence-corrected chi connectivity index (χ1v) is 8.35. The van der Waals surface area contributed by atoms with Gasteiger partial charge in [0.2, 0.25) is 5.91 Å². The molecule has 19 heavy (non-hydrogen) atoms. The van der Waals surface area contributed by atoms with Gasteiger partial charge in [0.05, 0.1) is 17.5 Å². The molecule has 0 spiro atoms. The number of carbonyl (C=O) groups is 1. The Kier molecular flexibility index (Phi) is 3.94. The zero-order valence-corrected chi connectivity index (χ0v) is 12.1. The van der Waals surface area contributed by atoms with E-state index in [0.717, 1.165) is 17.7 Å². The van der Waals surface area contributed by atoms with Gasteiger partial charge in [0.15, 0.2) is 9.84 Å².